The summed E-state index contributed by atoms with van der Waals surface area (Å²) in [4.78, 5) is 10.6. The fourth-order valence-electron chi connectivity index (χ4n) is 0.103. The van der Waals surface area contributed by atoms with Crippen molar-refractivity contribution in [2.24, 2.45) is 0 Å². The van der Waals surface area contributed by atoms with Crippen LogP contribution in [0.15, 0.2) is 0 Å². The fourth-order valence-corrected chi connectivity index (χ4v) is 3.14. The minimum atomic E-state index is -0.371. The van der Waals surface area contributed by atoms with Crippen LogP contribution in [0.2, 0.25) is 0 Å². The predicted molar refractivity (Wildman–Crippen MR) is 48.3 cm³/mol. The van der Waals surface area contributed by atoms with Gasteiger partial charge in [-0.2, -0.15) is 0 Å². The van der Waals surface area contributed by atoms with Crippen molar-refractivity contribution >= 4 is 77.4 Å². The quantitative estimate of drug-likeness (QED) is 0.290. The standard InChI is InChI=1S/C3H4I2O2.Tl/c1-3(4,5)2(6)7;/h1H3,(H,6,7);/q;+1/p-1. The van der Waals surface area contributed by atoms with Crippen LogP contribution in [0.5, 0.6) is 0 Å². The van der Waals surface area contributed by atoms with Gasteiger partial charge in [-0.25, -0.2) is 0 Å². The number of hydrogen-bond donors (Lipinski definition) is 0. The van der Waals surface area contributed by atoms with Crippen molar-refractivity contribution in [3.8, 4) is 0 Å². The maximum absolute atomic E-state index is 10.6. The van der Waals surface area contributed by atoms with Crippen molar-refractivity contribution in [1.82, 2.24) is 0 Å². The van der Waals surface area contributed by atoms with Crippen LogP contribution in [0.3, 0.4) is 0 Å². The number of carbonyl (C=O) groups is 1. The Morgan fingerprint density at radius 1 is 1.75 bits per heavy atom. The molecule has 0 radical (unpaired) electrons. The van der Waals surface area contributed by atoms with Gasteiger partial charge >= 0.3 is 93.2 Å². The van der Waals surface area contributed by atoms with Gasteiger partial charge < -0.3 is 0 Å². The SMILES string of the molecule is CC(I)(I)C(=O)[O][Tl]. The van der Waals surface area contributed by atoms with Gasteiger partial charge in [-0.1, -0.05) is 0 Å². The number of halogens is 2. The molecule has 8 heavy (non-hydrogen) atoms. The second kappa shape index (κ2) is 3.89. The average molecular weight is 529 g/mol. The van der Waals surface area contributed by atoms with E-state index in [-0.39, 0.29) is 7.40 Å². The van der Waals surface area contributed by atoms with Gasteiger partial charge in [0.05, 0.1) is 0 Å². The molecule has 5 heteroatoms. The number of rotatable bonds is 1. The second-order valence-corrected chi connectivity index (χ2v) is 8.59. The van der Waals surface area contributed by atoms with Gasteiger partial charge in [0.15, 0.2) is 0 Å². The molecule has 0 N–H and O–H groups in total. The molecule has 0 saturated carbocycles. The van der Waals surface area contributed by atoms with E-state index >= 15 is 0 Å². The Morgan fingerprint density at radius 3 is 2.12 bits per heavy atom. The van der Waals surface area contributed by atoms with Gasteiger partial charge in [0.2, 0.25) is 0 Å². The van der Waals surface area contributed by atoms with Crippen molar-refractivity contribution in [3.05, 3.63) is 0 Å². The summed E-state index contributed by atoms with van der Waals surface area (Å²) in [6.45, 7) is 1.82. The molecule has 0 aliphatic rings. The van der Waals surface area contributed by atoms with E-state index in [1.807, 2.05) is 52.1 Å². The summed E-state index contributed by atoms with van der Waals surface area (Å²) in [6, 6.07) is 0. The molecule has 0 aromatic carbocycles. The number of carbonyl (C=O) groups excluding carboxylic acids is 1. The number of alkyl halides is 2. The van der Waals surface area contributed by atoms with Crippen LogP contribution < -0.4 is 0 Å². The zero-order valence-corrected chi connectivity index (χ0v) is 13.0. The molecule has 0 aromatic rings. The molecule has 0 aliphatic carbocycles. The minimum absolute atomic E-state index is 0.122. The topological polar surface area (TPSA) is 26.3 Å². The molecule has 0 aliphatic heterocycles. The van der Waals surface area contributed by atoms with E-state index < -0.39 is 0 Å². The van der Waals surface area contributed by atoms with E-state index in [1.54, 1.807) is 0 Å². The molecule has 0 heterocycles. The van der Waals surface area contributed by atoms with Gasteiger partial charge in [-0.05, 0) is 0 Å². The number of hydrogen-bond acceptors (Lipinski definition) is 2. The van der Waals surface area contributed by atoms with Crippen LogP contribution in [0.4, 0.5) is 0 Å². The Balaban J connectivity index is 3.82. The van der Waals surface area contributed by atoms with Gasteiger partial charge in [0.25, 0.3) is 0 Å². The van der Waals surface area contributed by atoms with E-state index in [0.29, 0.717) is 26.2 Å². The molecule has 0 rings (SSSR count). The van der Waals surface area contributed by atoms with Crippen molar-refractivity contribution < 1.29 is 7.48 Å². The van der Waals surface area contributed by atoms with Crippen molar-refractivity contribution in [2.75, 3.05) is 0 Å². The summed E-state index contributed by atoms with van der Waals surface area (Å²) in [5.74, 6) is -0.122. The molecule has 0 amide bonds. The fraction of sp³-hybridized carbons (Fsp3) is 0.667. The van der Waals surface area contributed by atoms with Crippen LogP contribution in [-0.2, 0) is 7.48 Å². The van der Waals surface area contributed by atoms with Gasteiger partial charge in [-0.15, -0.1) is 0 Å². The third-order valence-electron chi connectivity index (χ3n) is 0.465. The van der Waals surface area contributed by atoms with Crippen LogP contribution >= 0.6 is 45.2 Å². The first-order chi connectivity index (χ1) is 3.48. The summed E-state index contributed by atoms with van der Waals surface area (Å²) >= 11 is 4.40. The molecular formula is C3H3I2O2Tl. The monoisotopic (exact) mass is 530 g/mol. The molecule has 44 valence electrons. The Kier molecular flexibility index (Phi) is 4.78. The molecular weight excluding hydrogens is 526 g/mol. The molecule has 0 spiro atoms. The molecule has 0 saturated heterocycles. The van der Waals surface area contributed by atoms with Gasteiger partial charge in [0, 0.05) is 0 Å². The molecule has 0 atom stereocenters. The first-order valence-corrected chi connectivity index (χ1v) is 5.76. The van der Waals surface area contributed by atoms with E-state index in [2.05, 4.69) is 2.69 Å². The van der Waals surface area contributed by atoms with Gasteiger partial charge in [0.1, 0.15) is 0 Å². The van der Waals surface area contributed by atoms with E-state index in [9.17, 15) is 4.79 Å². The van der Waals surface area contributed by atoms with Crippen LogP contribution in [-0.4, -0.2) is 33.6 Å². The van der Waals surface area contributed by atoms with Crippen molar-refractivity contribution in [1.29, 1.82) is 0 Å². The molecule has 0 unspecified atom stereocenters. The van der Waals surface area contributed by atoms with E-state index in [4.69, 9.17) is 0 Å². The molecule has 2 nitrogen and oxygen atoms in total. The molecule has 0 bridgehead atoms. The zero-order valence-electron chi connectivity index (χ0n) is 4.15. The Labute approximate surface area is 91.7 Å². The Hall–Kier alpha value is 1.85. The summed E-state index contributed by atoms with van der Waals surface area (Å²) in [6.07, 6.45) is 0. The third kappa shape index (κ3) is 3.80. The van der Waals surface area contributed by atoms with Crippen LogP contribution in [0, 0.1) is 0 Å². The summed E-state index contributed by atoms with van der Waals surface area (Å²) in [5.41, 5.74) is 0. The van der Waals surface area contributed by atoms with Gasteiger partial charge in [-0.3, -0.25) is 0 Å². The molecule has 0 aromatic heterocycles. The van der Waals surface area contributed by atoms with Crippen molar-refractivity contribution in [2.45, 2.75) is 8.35 Å². The first-order valence-electron chi connectivity index (χ1n) is 1.77. The maximum atomic E-state index is 10.6. The van der Waals surface area contributed by atoms with Crippen molar-refractivity contribution in [3.63, 3.8) is 0 Å². The van der Waals surface area contributed by atoms with Crippen LogP contribution in [0.25, 0.3) is 0 Å². The second-order valence-electron chi connectivity index (χ2n) is 1.29. The Bertz CT molecular complexity index is 97.9. The summed E-state index contributed by atoms with van der Waals surface area (Å²) in [7, 11) is 0. The van der Waals surface area contributed by atoms with Crippen LogP contribution in [0.1, 0.15) is 6.92 Å². The summed E-state index contributed by atoms with van der Waals surface area (Å²) in [5, 5.41) is 0. The third-order valence-corrected chi connectivity index (χ3v) is 2.18. The molecule has 0 fully saturated rings. The first kappa shape index (κ1) is 9.85. The normalized spacial score (nSPS) is 10.8. The van der Waals surface area contributed by atoms with E-state index in [0.717, 1.165) is 0 Å². The van der Waals surface area contributed by atoms with E-state index in [1.165, 1.54) is 0 Å². The average Bonchev–Trinajstić information content (AvgIpc) is 1.62. The Morgan fingerprint density at radius 2 is 2.12 bits per heavy atom. The summed E-state index contributed by atoms with van der Waals surface area (Å²) < 4.78 is 4.26. The zero-order chi connectivity index (χ0) is 6.78. The predicted octanol–water partition coefficient (Wildman–Crippen LogP) is 1.20.